The summed E-state index contributed by atoms with van der Waals surface area (Å²) in [6.07, 6.45) is 1.22. The quantitative estimate of drug-likeness (QED) is 0.249. The third-order valence-corrected chi connectivity index (χ3v) is 8.82. The number of oxazole rings is 1. The molecule has 1 amide bonds. The Hall–Kier alpha value is -4.23. The molecule has 214 valence electrons. The van der Waals surface area contributed by atoms with Crippen LogP contribution in [-0.2, 0) is 31.3 Å². The van der Waals surface area contributed by atoms with Crippen LogP contribution in [0.25, 0.3) is 33.1 Å². The summed E-state index contributed by atoms with van der Waals surface area (Å²) in [6, 6.07) is 16.6. The predicted molar refractivity (Wildman–Crippen MR) is 151 cm³/mol. The molecule has 0 bridgehead atoms. The van der Waals surface area contributed by atoms with E-state index in [9.17, 15) is 26.0 Å². The van der Waals surface area contributed by atoms with Crippen molar-refractivity contribution < 1.29 is 35.2 Å². The van der Waals surface area contributed by atoms with E-state index in [-0.39, 0.29) is 21.9 Å². The van der Waals surface area contributed by atoms with Crippen molar-refractivity contribution in [2.75, 3.05) is 6.26 Å². The molecule has 2 aromatic heterocycles. The predicted octanol–water partition coefficient (Wildman–Crippen LogP) is 5.52. The molecule has 0 fully saturated rings. The molecule has 0 spiro atoms. The Morgan fingerprint density at radius 3 is 2.39 bits per heavy atom. The number of fused-ring (bicyclic) bond motifs is 2. The van der Waals surface area contributed by atoms with E-state index in [0.29, 0.717) is 26.3 Å². The Bertz CT molecular complexity index is 2010. The van der Waals surface area contributed by atoms with Gasteiger partial charge < -0.3 is 9.15 Å². The molecule has 5 rings (SSSR count). The van der Waals surface area contributed by atoms with Gasteiger partial charge in [0.05, 0.1) is 16.7 Å². The van der Waals surface area contributed by atoms with Gasteiger partial charge in [-0.25, -0.2) is 35.0 Å². The number of ether oxygens (including phenoxy) is 1. The van der Waals surface area contributed by atoms with Crippen LogP contribution < -0.4 is 0 Å². The minimum absolute atomic E-state index is 0.0449. The van der Waals surface area contributed by atoms with Gasteiger partial charge in [0.1, 0.15) is 23.5 Å². The summed E-state index contributed by atoms with van der Waals surface area (Å²) in [5, 5.41) is 0.484. The van der Waals surface area contributed by atoms with E-state index >= 15 is 0 Å². The standard InChI is InChI=1S/C28H26FN3O7S2/c1-28(2,3)39-27(33)32(40(4,34)35)17-26-30-23-13-10-18(14-25(23)38-26)22-16-31(24-15-19(29)11-12-21(22)24)41(36,37)20-8-6-5-7-9-20/h5-16H,17H2,1-4H3. The monoisotopic (exact) mass is 599 g/mol. The van der Waals surface area contributed by atoms with Gasteiger partial charge in [0.15, 0.2) is 5.58 Å². The summed E-state index contributed by atoms with van der Waals surface area (Å²) in [5.41, 5.74) is 0.920. The molecule has 3 aromatic carbocycles. The third kappa shape index (κ3) is 5.68. The third-order valence-electron chi connectivity index (χ3n) is 6.05. The van der Waals surface area contributed by atoms with Gasteiger partial charge in [0, 0.05) is 17.1 Å². The van der Waals surface area contributed by atoms with Gasteiger partial charge in [-0.1, -0.05) is 24.3 Å². The van der Waals surface area contributed by atoms with E-state index in [1.807, 2.05) is 0 Å². The van der Waals surface area contributed by atoms with Crippen molar-refractivity contribution in [1.29, 1.82) is 0 Å². The van der Waals surface area contributed by atoms with Crippen LogP contribution in [-0.4, -0.2) is 48.0 Å². The smallest absolute Gasteiger partial charge is 0.424 e. The van der Waals surface area contributed by atoms with Gasteiger partial charge in [-0.05, 0) is 68.8 Å². The Labute approximate surface area is 236 Å². The fourth-order valence-electron chi connectivity index (χ4n) is 4.27. The molecule has 10 nitrogen and oxygen atoms in total. The Morgan fingerprint density at radius 2 is 1.73 bits per heavy atom. The van der Waals surface area contributed by atoms with Crippen molar-refractivity contribution in [2.24, 2.45) is 0 Å². The van der Waals surface area contributed by atoms with Gasteiger partial charge in [0.2, 0.25) is 15.9 Å². The van der Waals surface area contributed by atoms with Crippen LogP contribution in [0.2, 0.25) is 0 Å². The van der Waals surface area contributed by atoms with Gasteiger partial charge >= 0.3 is 6.09 Å². The lowest BCUT2D eigenvalue weighted by atomic mass is 10.0. The number of sulfonamides is 1. The normalized spacial score (nSPS) is 12.6. The molecule has 5 aromatic rings. The molecule has 0 atom stereocenters. The summed E-state index contributed by atoms with van der Waals surface area (Å²) in [6.45, 7) is 4.35. The number of amides is 1. The second-order valence-electron chi connectivity index (χ2n) is 10.4. The topological polar surface area (TPSA) is 129 Å². The van der Waals surface area contributed by atoms with Crippen molar-refractivity contribution in [3.05, 3.63) is 84.6 Å². The molecule has 13 heteroatoms. The average Bonchev–Trinajstić information content (AvgIpc) is 3.46. The number of aromatic nitrogens is 2. The molecular formula is C28H26FN3O7S2. The first-order chi connectivity index (χ1) is 19.1. The minimum atomic E-state index is -4.05. The highest BCUT2D eigenvalue weighted by molar-refractivity contribution is 7.90. The minimum Gasteiger partial charge on any atom is -0.443 e. The first-order valence-electron chi connectivity index (χ1n) is 12.4. The van der Waals surface area contributed by atoms with Crippen molar-refractivity contribution in [3.63, 3.8) is 0 Å². The zero-order valence-electron chi connectivity index (χ0n) is 22.5. The summed E-state index contributed by atoms with van der Waals surface area (Å²) >= 11 is 0. The molecule has 0 radical (unpaired) electrons. The molecule has 0 saturated heterocycles. The lowest BCUT2D eigenvalue weighted by Crippen LogP contribution is -2.39. The maximum absolute atomic E-state index is 14.3. The van der Waals surface area contributed by atoms with Crippen LogP contribution in [0.4, 0.5) is 9.18 Å². The van der Waals surface area contributed by atoms with E-state index in [0.717, 1.165) is 16.3 Å². The zero-order valence-corrected chi connectivity index (χ0v) is 24.2. The van der Waals surface area contributed by atoms with Gasteiger partial charge in [0.25, 0.3) is 10.0 Å². The lowest BCUT2D eigenvalue weighted by molar-refractivity contribution is 0.0373. The highest BCUT2D eigenvalue weighted by Gasteiger charge is 2.30. The van der Waals surface area contributed by atoms with Crippen LogP contribution >= 0.6 is 0 Å². The van der Waals surface area contributed by atoms with Crippen molar-refractivity contribution >= 4 is 48.1 Å². The lowest BCUT2D eigenvalue weighted by Gasteiger charge is -2.25. The molecule has 0 unspecified atom stereocenters. The van der Waals surface area contributed by atoms with Gasteiger partial charge in [-0.15, -0.1) is 0 Å². The number of halogens is 1. The molecule has 0 N–H and O–H groups in total. The molecule has 0 aliphatic carbocycles. The van der Waals surface area contributed by atoms with E-state index in [4.69, 9.17) is 9.15 Å². The maximum Gasteiger partial charge on any atom is 0.424 e. The summed E-state index contributed by atoms with van der Waals surface area (Å²) < 4.78 is 78.4. The average molecular weight is 600 g/mol. The van der Waals surface area contributed by atoms with E-state index < -0.39 is 44.1 Å². The largest absolute Gasteiger partial charge is 0.443 e. The second kappa shape index (κ2) is 10.00. The fraction of sp³-hybridized carbons (Fsp3) is 0.214. The maximum atomic E-state index is 14.3. The Morgan fingerprint density at radius 1 is 1.02 bits per heavy atom. The number of carbonyl (C=O) groups excluding carboxylic acids is 1. The fourth-order valence-corrected chi connectivity index (χ4v) is 6.30. The first kappa shape index (κ1) is 28.3. The number of hydrogen-bond acceptors (Lipinski definition) is 8. The molecule has 0 aliphatic rings. The molecule has 41 heavy (non-hydrogen) atoms. The van der Waals surface area contributed by atoms with Gasteiger partial charge in [-0.3, -0.25) is 0 Å². The molecule has 0 saturated carbocycles. The van der Waals surface area contributed by atoms with Crippen molar-refractivity contribution in [3.8, 4) is 11.1 Å². The summed E-state index contributed by atoms with van der Waals surface area (Å²) in [7, 11) is -8.07. The Kier molecular flexibility index (Phi) is 6.90. The zero-order chi connectivity index (χ0) is 29.7. The van der Waals surface area contributed by atoms with Crippen LogP contribution in [0.15, 0.2) is 82.2 Å². The van der Waals surface area contributed by atoms with E-state index in [1.165, 1.54) is 30.5 Å². The SMILES string of the molecule is CC(C)(C)OC(=O)N(Cc1nc2ccc(-c3cn(S(=O)(=O)c4ccccc4)c4cc(F)ccc34)cc2o1)S(C)(=O)=O. The van der Waals surface area contributed by atoms with Crippen LogP contribution in [0.1, 0.15) is 26.7 Å². The van der Waals surface area contributed by atoms with Gasteiger partial charge in [-0.2, -0.15) is 4.31 Å². The van der Waals surface area contributed by atoms with E-state index in [2.05, 4.69) is 4.98 Å². The number of carbonyl (C=O) groups is 1. The summed E-state index contributed by atoms with van der Waals surface area (Å²) in [5.74, 6) is -0.646. The van der Waals surface area contributed by atoms with Crippen molar-refractivity contribution in [2.45, 2.75) is 37.8 Å². The number of benzene rings is 3. The van der Waals surface area contributed by atoms with Crippen LogP contribution in [0.3, 0.4) is 0 Å². The number of nitrogens with zero attached hydrogens (tertiary/aromatic N) is 3. The second-order valence-corrected chi connectivity index (χ2v) is 14.1. The number of rotatable bonds is 6. The highest BCUT2D eigenvalue weighted by atomic mass is 32.2. The number of hydrogen-bond donors (Lipinski definition) is 0. The molecular weight excluding hydrogens is 573 g/mol. The van der Waals surface area contributed by atoms with Crippen LogP contribution in [0, 0.1) is 5.82 Å². The van der Waals surface area contributed by atoms with Crippen LogP contribution in [0.5, 0.6) is 0 Å². The van der Waals surface area contributed by atoms with E-state index in [1.54, 1.807) is 57.2 Å². The Balaban J connectivity index is 1.57. The summed E-state index contributed by atoms with van der Waals surface area (Å²) in [4.78, 5) is 16.9. The highest BCUT2D eigenvalue weighted by Crippen LogP contribution is 2.35. The first-order valence-corrected chi connectivity index (χ1v) is 15.6. The molecule has 2 heterocycles. The molecule has 0 aliphatic heterocycles. The van der Waals surface area contributed by atoms with Crippen molar-refractivity contribution in [1.82, 2.24) is 13.3 Å².